The van der Waals surface area contributed by atoms with Crippen LogP contribution in [0.3, 0.4) is 0 Å². The lowest BCUT2D eigenvalue weighted by atomic mass is 10.1. The SMILES string of the molecule is Cc1ccccc1NC(=O)c1cccc(C(=O)NCCc2cccc(Cl)c2)n1. The largest absolute Gasteiger partial charge is 0.350 e. The number of benzene rings is 2. The van der Waals surface area contributed by atoms with Gasteiger partial charge >= 0.3 is 0 Å². The van der Waals surface area contributed by atoms with Crippen molar-refractivity contribution in [2.24, 2.45) is 0 Å². The molecule has 0 unspecified atom stereocenters. The van der Waals surface area contributed by atoms with E-state index in [1.54, 1.807) is 24.3 Å². The molecule has 0 aliphatic rings. The summed E-state index contributed by atoms with van der Waals surface area (Å²) in [5.74, 6) is -0.685. The van der Waals surface area contributed by atoms with Crippen molar-refractivity contribution in [2.75, 3.05) is 11.9 Å². The summed E-state index contributed by atoms with van der Waals surface area (Å²) in [4.78, 5) is 29.0. The Hall–Kier alpha value is -3.18. The van der Waals surface area contributed by atoms with Crippen LogP contribution in [0.4, 0.5) is 5.69 Å². The standard InChI is InChI=1S/C22H20ClN3O2/c1-15-6-2-3-9-18(15)26-22(28)20-11-5-10-19(25-20)21(27)24-13-12-16-7-4-8-17(23)14-16/h2-11,14H,12-13H2,1H3,(H,24,27)(H,26,28). The number of rotatable bonds is 6. The molecule has 142 valence electrons. The van der Waals surface area contributed by atoms with Crippen LogP contribution >= 0.6 is 11.6 Å². The lowest BCUT2D eigenvalue weighted by molar-refractivity contribution is 0.0949. The number of anilines is 1. The van der Waals surface area contributed by atoms with Gasteiger partial charge in [-0.2, -0.15) is 0 Å². The van der Waals surface area contributed by atoms with E-state index in [4.69, 9.17) is 11.6 Å². The summed E-state index contributed by atoms with van der Waals surface area (Å²) >= 11 is 5.96. The minimum atomic E-state index is -0.358. The van der Waals surface area contributed by atoms with E-state index in [1.807, 2.05) is 49.4 Å². The zero-order valence-corrected chi connectivity index (χ0v) is 16.2. The summed E-state index contributed by atoms with van der Waals surface area (Å²) in [5.41, 5.74) is 3.08. The van der Waals surface area contributed by atoms with Crippen molar-refractivity contribution in [3.05, 3.63) is 94.3 Å². The van der Waals surface area contributed by atoms with Gasteiger partial charge in [-0.3, -0.25) is 9.59 Å². The quantitative estimate of drug-likeness (QED) is 0.657. The van der Waals surface area contributed by atoms with Gasteiger partial charge in [-0.1, -0.05) is 48.0 Å². The van der Waals surface area contributed by atoms with Crippen molar-refractivity contribution in [1.29, 1.82) is 0 Å². The van der Waals surface area contributed by atoms with Gasteiger partial charge in [0.1, 0.15) is 11.4 Å². The Morgan fingerprint density at radius 1 is 0.929 bits per heavy atom. The molecule has 1 aromatic heterocycles. The molecule has 2 amide bonds. The fourth-order valence-corrected chi connectivity index (χ4v) is 2.90. The average Bonchev–Trinajstić information content (AvgIpc) is 2.70. The number of para-hydroxylation sites is 1. The highest BCUT2D eigenvalue weighted by Gasteiger charge is 2.13. The fourth-order valence-electron chi connectivity index (χ4n) is 2.69. The molecule has 0 fully saturated rings. The highest BCUT2D eigenvalue weighted by molar-refractivity contribution is 6.30. The third-order valence-electron chi connectivity index (χ3n) is 4.20. The Labute approximate surface area is 168 Å². The van der Waals surface area contributed by atoms with Crippen LogP contribution in [-0.2, 0) is 6.42 Å². The van der Waals surface area contributed by atoms with Crippen molar-refractivity contribution in [3.63, 3.8) is 0 Å². The number of carbonyl (C=O) groups excluding carboxylic acids is 2. The number of pyridine rings is 1. The lowest BCUT2D eigenvalue weighted by Gasteiger charge is -2.09. The maximum absolute atomic E-state index is 12.5. The van der Waals surface area contributed by atoms with Crippen molar-refractivity contribution < 1.29 is 9.59 Å². The van der Waals surface area contributed by atoms with E-state index in [0.29, 0.717) is 23.7 Å². The van der Waals surface area contributed by atoms with Crippen molar-refractivity contribution >= 4 is 29.1 Å². The first-order chi connectivity index (χ1) is 13.5. The van der Waals surface area contributed by atoms with Crippen LogP contribution in [0.15, 0.2) is 66.7 Å². The minimum absolute atomic E-state index is 0.186. The third-order valence-corrected chi connectivity index (χ3v) is 4.43. The molecule has 3 rings (SSSR count). The van der Waals surface area contributed by atoms with Gasteiger partial charge in [-0.15, -0.1) is 0 Å². The number of nitrogens with one attached hydrogen (secondary N) is 2. The van der Waals surface area contributed by atoms with Gasteiger partial charge in [0.2, 0.25) is 0 Å². The molecule has 0 atom stereocenters. The summed E-state index contributed by atoms with van der Waals surface area (Å²) in [6, 6.07) is 19.8. The first-order valence-corrected chi connectivity index (χ1v) is 9.27. The molecule has 28 heavy (non-hydrogen) atoms. The Kier molecular flexibility index (Phi) is 6.40. The molecule has 0 saturated carbocycles. The summed E-state index contributed by atoms with van der Waals surface area (Å²) in [7, 11) is 0. The Morgan fingerprint density at radius 3 is 2.39 bits per heavy atom. The summed E-state index contributed by atoms with van der Waals surface area (Å²) in [6.45, 7) is 2.35. The number of carbonyl (C=O) groups is 2. The Bertz CT molecular complexity index is 1000. The maximum atomic E-state index is 12.5. The average molecular weight is 394 g/mol. The van der Waals surface area contributed by atoms with Crippen LogP contribution in [0.5, 0.6) is 0 Å². The lowest BCUT2D eigenvalue weighted by Crippen LogP contribution is -2.27. The molecule has 0 radical (unpaired) electrons. The molecule has 0 bridgehead atoms. The molecule has 0 aliphatic carbocycles. The molecular weight excluding hydrogens is 374 g/mol. The molecule has 1 heterocycles. The van der Waals surface area contributed by atoms with Gasteiger partial charge < -0.3 is 10.6 Å². The van der Waals surface area contributed by atoms with Crippen LogP contribution in [0, 0.1) is 6.92 Å². The number of halogens is 1. The number of hydrogen-bond donors (Lipinski definition) is 2. The molecule has 0 saturated heterocycles. The summed E-state index contributed by atoms with van der Waals surface area (Å²) in [6.07, 6.45) is 0.653. The molecule has 0 spiro atoms. The molecule has 5 nitrogen and oxygen atoms in total. The van der Waals surface area contributed by atoms with Gasteiger partial charge in [-0.05, 0) is 54.8 Å². The smallest absolute Gasteiger partial charge is 0.274 e. The van der Waals surface area contributed by atoms with Crippen LogP contribution in [0.2, 0.25) is 5.02 Å². The number of aromatic nitrogens is 1. The first kappa shape index (κ1) is 19.6. The first-order valence-electron chi connectivity index (χ1n) is 8.89. The molecule has 2 N–H and O–H groups in total. The van der Waals surface area contributed by atoms with Gasteiger partial charge in [0.05, 0.1) is 0 Å². The number of hydrogen-bond acceptors (Lipinski definition) is 3. The zero-order chi connectivity index (χ0) is 19.9. The van der Waals surface area contributed by atoms with E-state index < -0.39 is 0 Å². The fraction of sp³-hybridized carbons (Fsp3) is 0.136. The van der Waals surface area contributed by atoms with Crippen LogP contribution in [0.1, 0.15) is 32.1 Å². The number of amides is 2. The zero-order valence-electron chi connectivity index (χ0n) is 15.4. The van der Waals surface area contributed by atoms with E-state index in [-0.39, 0.29) is 23.2 Å². The Morgan fingerprint density at radius 2 is 1.64 bits per heavy atom. The van der Waals surface area contributed by atoms with Crippen molar-refractivity contribution in [2.45, 2.75) is 13.3 Å². The molecular formula is C22H20ClN3O2. The van der Waals surface area contributed by atoms with E-state index >= 15 is 0 Å². The van der Waals surface area contributed by atoms with Gasteiger partial charge in [0, 0.05) is 17.3 Å². The highest BCUT2D eigenvalue weighted by atomic mass is 35.5. The maximum Gasteiger partial charge on any atom is 0.274 e. The topological polar surface area (TPSA) is 71.1 Å². The van der Waals surface area contributed by atoms with E-state index in [0.717, 1.165) is 11.1 Å². The monoisotopic (exact) mass is 393 g/mol. The van der Waals surface area contributed by atoms with E-state index in [9.17, 15) is 9.59 Å². The van der Waals surface area contributed by atoms with Crippen LogP contribution < -0.4 is 10.6 Å². The van der Waals surface area contributed by atoms with Crippen molar-refractivity contribution in [1.82, 2.24) is 10.3 Å². The second-order valence-electron chi connectivity index (χ2n) is 6.31. The molecule has 6 heteroatoms. The van der Waals surface area contributed by atoms with Gasteiger partial charge in [0.15, 0.2) is 0 Å². The number of nitrogens with zero attached hydrogens (tertiary/aromatic N) is 1. The predicted octanol–water partition coefficient (Wildman–Crippen LogP) is 4.27. The Balaban J connectivity index is 1.61. The van der Waals surface area contributed by atoms with Crippen LogP contribution in [0.25, 0.3) is 0 Å². The molecule has 0 aliphatic heterocycles. The number of aryl methyl sites for hydroxylation is 1. The summed E-state index contributed by atoms with van der Waals surface area (Å²) < 4.78 is 0. The molecule has 3 aromatic rings. The minimum Gasteiger partial charge on any atom is -0.350 e. The van der Waals surface area contributed by atoms with E-state index in [1.165, 1.54) is 0 Å². The van der Waals surface area contributed by atoms with Gasteiger partial charge in [-0.25, -0.2) is 4.98 Å². The predicted molar refractivity (Wildman–Crippen MR) is 111 cm³/mol. The highest BCUT2D eigenvalue weighted by Crippen LogP contribution is 2.14. The van der Waals surface area contributed by atoms with E-state index in [2.05, 4.69) is 15.6 Å². The molecule has 2 aromatic carbocycles. The second kappa shape index (κ2) is 9.15. The second-order valence-corrected chi connectivity index (χ2v) is 6.75. The summed E-state index contributed by atoms with van der Waals surface area (Å²) in [5, 5.41) is 6.30. The normalized spacial score (nSPS) is 10.4. The third kappa shape index (κ3) is 5.18. The van der Waals surface area contributed by atoms with Crippen molar-refractivity contribution in [3.8, 4) is 0 Å². The van der Waals surface area contributed by atoms with Gasteiger partial charge in [0.25, 0.3) is 11.8 Å². The van der Waals surface area contributed by atoms with Crippen LogP contribution in [-0.4, -0.2) is 23.3 Å².